The molecule has 0 aliphatic heterocycles. The first-order valence-electron chi connectivity index (χ1n) is 8.16. The summed E-state index contributed by atoms with van der Waals surface area (Å²) in [6, 6.07) is 9.36. The van der Waals surface area contributed by atoms with Crippen LogP contribution in [0.15, 0.2) is 47.5 Å². The molecule has 140 valence electrons. The summed E-state index contributed by atoms with van der Waals surface area (Å²) in [4.78, 5) is 18.7. The normalized spacial score (nSPS) is 11.7. The lowest BCUT2D eigenvalue weighted by Gasteiger charge is -2.21. The zero-order valence-electron chi connectivity index (χ0n) is 15.6. The molecule has 0 atom stereocenters. The van der Waals surface area contributed by atoms with Gasteiger partial charge in [-0.05, 0) is 50.2 Å². The largest absolute Gasteiger partial charge is 0.362 e. The van der Waals surface area contributed by atoms with E-state index in [0.29, 0.717) is 17.1 Å². The minimum absolute atomic E-state index is 0.144. The zero-order chi connectivity index (χ0) is 19.5. The molecule has 0 saturated heterocycles. The van der Waals surface area contributed by atoms with Crippen molar-refractivity contribution in [1.82, 2.24) is 9.29 Å². The molecule has 1 heterocycles. The highest BCUT2D eigenvalue weighted by atomic mass is 32.2. The Balaban J connectivity index is 2.22. The van der Waals surface area contributed by atoms with Crippen molar-refractivity contribution in [3.63, 3.8) is 0 Å². The van der Waals surface area contributed by atoms with Crippen LogP contribution in [0.4, 0.5) is 11.5 Å². The number of carbonyl (C=O) groups is 1. The molecule has 7 nitrogen and oxygen atoms in total. The molecule has 1 N–H and O–H groups in total. The number of hydrogen-bond acceptors (Lipinski definition) is 5. The molecule has 1 aromatic heterocycles. The zero-order valence-corrected chi connectivity index (χ0v) is 16.4. The van der Waals surface area contributed by atoms with Gasteiger partial charge in [0.15, 0.2) is 0 Å². The van der Waals surface area contributed by atoms with Crippen molar-refractivity contribution in [2.24, 2.45) is 0 Å². The van der Waals surface area contributed by atoms with Crippen LogP contribution < -0.4 is 10.2 Å². The van der Waals surface area contributed by atoms with Gasteiger partial charge in [-0.25, -0.2) is 13.4 Å². The number of nitrogens with zero attached hydrogens (tertiary/aromatic N) is 3. The Morgan fingerprint density at radius 1 is 1.08 bits per heavy atom. The number of aromatic nitrogens is 1. The molecule has 26 heavy (non-hydrogen) atoms. The molecule has 1 aromatic carbocycles. The Hall–Kier alpha value is -2.45. The van der Waals surface area contributed by atoms with E-state index >= 15 is 0 Å². The second kappa shape index (κ2) is 7.84. The van der Waals surface area contributed by atoms with Crippen LogP contribution in [-0.4, -0.2) is 50.8 Å². The lowest BCUT2D eigenvalue weighted by Crippen LogP contribution is -2.33. The topological polar surface area (TPSA) is 82.6 Å². The molecule has 0 bridgehead atoms. The molecule has 0 spiro atoms. The van der Waals surface area contributed by atoms with Crippen LogP contribution in [0.2, 0.25) is 0 Å². The van der Waals surface area contributed by atoms with Crippen LogP contribution in [0.1, 0.15) is 24.2 Å². The van der Waals surface area contributed by atoms with Gasteiger partial charge in [-0.3, -0.25) is 4.79 Å². The van der Waals surface area contributed by atoms with Crippen LogP contribution >= 0.6 is 0 Å². The maximum absolute atomic E-state index is 12.5. The van der Waals surface area contributed by atoms with E-state index < -0.39 is 10.0 Å². The van der Waals surface area contributed by atoms with Gasteiger partial charge in [-0.1, -0.05) is 0 Å². The second-order valence-electron chi connectivity index (χ2n) is 6.36. The third-order valence-electron chi connectivity index (χ3n) is 3.97. The van der Waals surface area contributed by atoms with Crippen molar-refractivity contribution >= 4 is 27.4 Å². The highest BCUT2D eigenvalue weighted by Crippen LogP contribution is 2.21. The summed E-state index contributed by atoms with van der Waals surface area (Å²) >= 11 is 0. The van der Waals surface area contributed by atoms with Gasteiger partial charge in [-0.2, -0.15) is 4.31 Å². The summed E-state index contributed by atoms with van der Waals surface area (Å²) in [6.45, 7) is 3.62. The molecule has 2 rings (SSSR count). The number of carbonyl (C=O) groups excluding carboxylic acids is 1. The summed E-state index contributed by atoms with van der Waals surface area (Å²) < 4.78 is 26.3. The van der Waals surface area contributed by atoms with Crippen molar-refractivity contribution in [2.45, 2.75) is 24.8 Å². The fraction of sp³-hybridized carbons (Fsp3) is 0.333. The fourth-order valence-corrected chi connectivity index (χ4v) is 3.65. The Labute approximate surface area is 154 Å². The van der Waals surface area contributed by atoms with Crippen LogP contribution in [0.25, 0.3) is 0 Å². The molecular weight excluding hydrogens is 352 g/mol. The van der Waals surface area contributed by atoms with E-state index in [2.05, 4.69) is 10.3 Å². The SMILES string of the molecule is CC(C)N(C)S(=O)(=O)c1ccc(NC(=O)c2cccnc2N(C)C)cc1. The van der Waals surface area contributed by atoms with Gasteiger partial charge in [0.05, 0.1) is 10.5 Å². The number of amides is 1. The van der Waals surface area contributed by atoms with Crippen molar-refractivity contribution in [3.8, 4) is 0 Å². The second-order valence-corrected chi connectivity index (χ2v) is 8.36. The first-order chi connectivity index (χ1) is 12.1. The molecule has 0 aliphatic carbocycles. The van der Waals surface area contributed by atoms with Gasteiger partial charge in [0.1, 0.15) is 5.82 Å². The minimum Gasteiger partial charge on any atom is -0.362 e. The molecule has 0 aliphatic rings. The average molecular weight is 376 g/mol. The highest BCUT2D eigenvalue weighted by molar-refractivity contribution is 7.89. The quantitative estimate of drug-likeness (QED) is 0.837. The van der Waals surface area contributed by atoms with E-state index in [4.69, 9.17) is 0 Å². The first-order valence-corrected chi connectivity index (χ1v) is 9.60. The summed E-state index contributed by atoms with van der Waals surface area (Å²) in [5, 5.41) is 2.77. The van der Waals surface area contributed by atoms with E-state index in [9.17, 15) is 13.2 Å². The summed E-state index contributed by atoms with van der Waals surface area (Å²) in [6.07, 6.45) is 1.62. The lowest BCUT2D eigenvalue weighted by atomic mass is 10.2. The molecule has 8 heteroatoms. The van der Waals surface area contributed by atoms with Crippen LogP contribution in [-0.2, 0) is 10.0 Å². The Kier molecular flexibility index (Phi) is 5.99. The Bertz CT molecular complexity index is 878. The van der Waals surface area contributed by atoms with Gasteiger partial charge in [-0.15, -0.1) is 0 Å². The Morgan fingerprint density at radius 2 is 1.69 bits per heavy atom. The van der Waals surface area contributed by atoms with Crippen molar-refractivity contribution in [2.75, 3.05) is 31.4 Å². The molecule has 0 fully saturated rings. The predicted octanol–water partition coefficient (Wildman–Crippen LogP) is 2.43. The number of pyridine rings is 1. The van der Waals surface area contributed by atoms with E-state index in [1.165, 1.54) is 16.4 Å². The molecule has 0 saturated carbocycles. The van der Waals surface area contributed by atoms with E-state index in [1.54, 1.807) is 42.4 Å². The monoisotopic (exact) mass is 376 g/mol. The Morgan fingerprint density at radius 3 is 2.23 bits per heavy atom. The fourth-order valence-electron chi connectivity index (χ4n) is 2.28. The number of benzene rings is 1. The van der Waals surface area contributed by atoms with Crippen molar-refractivity contribution in [1.29, 1.82) is 0 Å². The van der Waals surface area contributed by atoms with Gasteiger partial charge in [0.25, 0.3) is 5.91 Å². The van der Waals surface area contributed by atoms with Crippen LogP contribution in [0.5, 0.6) is 0 Å². The molecular formula is C18H24N4O3S. The van der Waals surface area contributed by atoms with Gasteiger partial charge >= 0.3 is 0 Å². The van der Waals surface area contributed by atoms with E-state index in [1.807, 2.05) is 27.9 Å². The maximum atomic E-state index is 12.5. The summed E-state index contributed by atoms with van der Waals surface area (Å²) in [7, 11) is 1.61. The van der Waals surface area contributed by atoms with Crippen LogP contribution in [0.3, 0.4) is 0 Å². The maximum Gasteiger partial charge on any atom is 0.259 e. The molecule has 2 aromatic rings. The summed E-state index contributed by atoms with van der Waals surface area (Å²) in [5.41, 5.74) is 0.948. The smallest absolute Gasteiger partial charge is 0.259 e. The van der Waals surface area contributed by atoms with Gasteiger partial charge in [0, 0.05) is 39.1 Å². The summed E-state index contributed by atoms with van der Waals surface area (Å²) in [5.74, 6) is 0.250. The van der Waals surface area contributed by atoms with E-state index in [0.717, 1.165) is 0 Å². The van der Waals surface area contributed by atoms with E-state index in [-0.39, 0.29) is 16.8 Å². The lowest BCUT2D eigenvalue weighted by molar-refractivity contribution is 0.102. The molecule has 1 amide bonds. The first kappa shape index (κ1) is 19.9. The number of rotatable bonds is 6. The van der Waals surface area contributed by atoms with Crippen LogP contribution in [0, 0.1) is 0 Å². The third kappa shape index (κ3) is 4.20. The number of hydrogen-bond donors (Lipinski definition) is 1. The number of nitrogens with one attached hydrogen (secondary N) is 1. The standard InChI is InChI=1S/C18H24N4O3S/c1-13(2)22(5)26(24,25)15-10-8-14(9-11-15)20-18(23)16-7-6-12-19-17(16)21(3)4/h6-13H,1-5H3,(H,20,23). The van der Waals surface area contributed by atoms with Gasteiger partial charge in [0.2, 0.25) is 10.0 Å². The molecule has 0 unspecified atom stereocenters. The van der Waals surface area contributed by atoms with Crippen molar-refractivity contribution < 1.29 is 13.2 Å². The number of anilines is 2. The molecule has 0 radical (unpaired) electrons. The third-order valence-corrected chi connectivity index (χ3v) is 6.02. The van der Waals surface area contributed by atoms with Gasteiger partial charge < -0.3 is 10.2 Å². The number of sulfonamides is 1. The highest BCUT2D eigenvalue weighted by Gasteiger charge is 2.23. The predicted molar refractivity (Wildman–Crippen MR) is 103 cm³/mol. The van der Waals surface area contributed by atoms with Crippen molar-refractivity contribution in [3.05, 3.63) is 48.2 Å². The average Bonchev–Trinajstić information content (AvgIpc) is 2.61. The minimum atomic E-state index is -3.55.